The van der Waals surface area contributed by atoms with Gasteiger partial charge in [0.2, 0.25) is 5.91 Å². The predicted molar refractivity (Wildman–Crippen MR) is 129 cm³/mol. The molecular formula is C25H36N4O3. The molecule has 0 atom stereocenters. The second kappa shape index (κ2) is 11.2. The first-order valence-corrected chi connectivity index (χ1v) is 11.4. The molecule has 0 radical (unpaired) electrons. The molecule has 3 rings (SSSR count). The number of nitrogens with zero attached hydrogens (tertiary/aromatic N) is 2. The highest BCUT2D eigenvalue weighted by atomic mass is 16.5. The van der Waals surface area contributed by atoms with Gasteiger partial charge in [-0.1, -0.05) is 19.9 Å². The Bertz CT molecular complexity index is 908. The number of likely N-dealkylation sites (tertiary alicyclic amines) is 1. The first kappa shape index (κ1) is 23.9. The third-order valence-electron chi connectivity index (χ3n) is 5.54. The van der Waals surface area contributed by atoms with Gasteiger partial charge in [0.15, 0.2) is 11.5 Å². The summed E-state index contributed by atoms with van der Waals surface area (Å²) in [5, 5.41) is 6.36. The SMILES string of the molecule is COc1ccc(CN2CCC(Nc3ccc(NC(C)=O)nc3C)CC2)cc1OCC(C)C. The van der Waals surface area contributed by atoms with Crippen molar-refractivity contribution >= 4 is 17.4 Å². The van der Waals surface area contributed by atoms with E-state index in [1.807, 2.05) is 25.1 Å². The summed E-state index contributed by atoms with van der Waals surface area (Å²) in [6.07, 6.45) is 2.14. The fourth-order valence-electron chi connectivity index (χ4n) is 3.87. The number of methoxy groups -OCH3 is 1. The number of benzene rings is 1. The van der Waals surface area contributed by atoms with Gasteiger partial charge in [0.05, 0.1) is 25.1 Å². The van der Waals surface area contributed by atoms with E-state index >= 15 is 0 Å². The molecule has 1 aromatic carbocycles. The summed E-state index contributed by atoms with van der Waals surface area (Å²) in [5.74, 6) is 2.55. The van der Waals surface area contributed by atoms with Crippen LogP contribution in [-0.4, -0.2) is 48.6 Å². The molecule has 1 fully saturated rings. The number of nitrogens with one attached hydrogen (secondary N) is 2. The van der Waals surface area contributed by atoms with Crippen molar-refractivity contribution in [3.05, 3.63) is 41.6 Å². The van der Waals surface area contributed by atoms with Crippen LogP contribution in [-0.2, 0) is 11.3 Å². The second-order valence-corrected chi connectivity index (χ2v) is 8.90. The molecule has 0 bridgehead atoms. The third-order valence-corrected chi connectivity index (χ3v) is 5.54. The largest absolute Gasteiger partial charge is 0.493 e. The van der Waals surface area contributed by atoms with Crippen LogP contribution in [0.2, 0.25) is 0 Å². The van der Waals surface area contributed by atoms with Crippen molar-refractivity contribution in [1.82, 2.24) is 9.88 Å². The number of hydrogen-bond acceptors (Lipinski definition) is 6. The number of anilines is 2. The lowest BCUT2D eigenvalue weighted by Crippen LogP contribution is -2.38. The maximum absolute atomic E-state index is 11.2. The van der Waals surface area contributed by atoms with Crippen molar-refractivity contribution in [3.63, 3.8) is 0 Å². The van der Waals surface area contributed by atoms with Crippen LogP contribution in [0.4, 0.5) is 11.5 Å². The maximum atomic E-state index is 11.2. The van der Waals surface area contributed by atoms with Crippen molar-refractivity contribution in [2.24, 2.45) is 5.92 Å². The molecule has 0 unspecified atom stereocenters. The van der Waals surface area contributed by atoms with E-state index in [0.29, 0.717) is 24.4 Å². The average molecular weight is 441 g/mol. The smallest absolute Gasteiger partial charge is 0.222 e. The van der Waals surface area contributed by atoms with Gasteiger partial charge in [-0.2, -0.15) is 0 Å². The van der Waals surface area contributed by atoms with E-state index in [9.17, 15) is 4.79 Å². The minimum Gasteiger partial charge on any atom is -0.493 e. The number of rotatable bonds is 9. The van der Waals surface area contributed by atoms with Gasteiger partial charge >= 0.3 is 0 Å². The summed E-state index contributed by atoms with van der Waals surface area (Å²) >= 11 is 0. The van der Waals surface area contributed by atoms with Crippen LogP contribution in [0, 0.1) is 12.8 Å². The number of carbonyl (C=O) groups is 1. The van der Waals surface area contributed by atoms with Crippen molar-refractivity contribution in [1.29, 1.82) is 0 Å². The van der Waals surface area contributed by atoms with Crippen LogP contribution >= 0.6 is 0 Å². The van der Waals surface area contributed by atoms with Gasteiger partial charge in [-0.3, -0.25) is 9.69 Å². The molecule has 0 aliphatic carbocycles. The number of carbonyl (C=O) groups excluding carboxylic acids is 1. The van der Waals surface area contributed by atoms with Crippen LogP contribution in [0.1, 0.15) is 44.9 Å². The Morgan fingerprint density at radius 3 is 2.56 bits per heavy atom. The van der Waals surface area contributed by atoms with E-state index in [2.05, 4.69) is 46.5 Å². The molecule has 1 amide bonds. The number of piperidine rings is 1. The predicted octanol–water partition coefficient (Wildman–Crippen LogP) is 4.47. The third kappa shape index (κ3) is 6.85. The fraction of sp³-hybridized carbons (Fsp3) is 0.520. The van der Waals surface area contributed by atoms with Gasteiger partial charge in [-0.15, -0.1) is 0 Å². The zero-order chi connectivity index (χ0) is 23.1. The molecule has 1 aliphatic rings. The highest BCUT2D eigenvalue weighted by molar-refractivity contribution is 5.87. The monoisotopic (exact) mass is 440 g/mol. The fourth-order valence-corrected chi connectivity index (χ4v) is 3.87. The quantitative estimate of drug-likeness (QED) is 0.599. The number of pyridine rings is 1. The Hall–Kier alpha value is -2.80. The molecule has 32 heavy (non-hydrogen) atoms. The van der Waals surface area contributed by atoms with E-state index in [1.165, 1.54) is 12.5 Å². The normalized spacial score (nSPS) is 14.9. The minimum absolute atomic E-state index is 0.111. The van der Waals surface area contributed by atoms with Crippen molar-refractivity contribution < 1.29 is 14.3 Å². The van der Waals surface area contributed by atoms with E-state index < -0.39 is 0 Å². The van der Waals surface area contributed by atoms with Crippen LogP contribution in [0.25, 0.3) is 0 Å². The van der Waals surface area contributed by atoms with Gasteiger partial charge in [0.1, 0.15) is 5.82 Å². The zero-order valence-corrected chi connectivity index (χ0v) is 19.9. The van der Waals surface area contributed by atoms with Crippen LogP contribution in [0.5, 0.6) is 11.5 Å². The Kier molecular flexibility index (Phi) is 8.33. The molecule has 2 aromatic rings. The van der Waals surface area contributed by atoms with E-state index in [1.54, 1.807) is 7.11 Å². The highest BCUT2D eigenvalue weighted by Gasteiger charge is 2.20. The van der Waals surface area contributed by atoms with E-state index in [0.717, 1.165) is 55.4 Å². The first-order chi connectivity index (χ1) is 15.3. The van der Waals surface area contributed by atoms with Crippen molar-refractivity contribution in [2.75, 3.05) is 37.4 Å². The summed E-state index contributed by atoms with van der Waals surface area (Å²) in [6.45, 7) is 11.4. The van der Waals surface area contributed by atoms with Crippen LogP contribution < -0.4 is 20.1 Å². The lowest BCUT2D eigenvalue weighted by atomic mass is 10.0. The minimum atomic E-state index is -0.111. The molecule has 7 nitrogen and oxygen atoms in total. The molecule has 7 heteroatoms. The Morgan fingerprint density at radius 2 is 1.94 bits per heavy atom. The molecule has 2 heterocycles. The van der Waals surface area contributed by atoms with E-state index in [-0.39, 0.29) is 5.91 Å². The molecule has 1 saturated heterocycles. The van der Waals surface area contributed by atoms with Crippen LogP contribution in [0.3, 0.4) is 0 Å². The summed E-state index contributed by atoms with van der Waals surface area (Å²) in [5.41, 5.74) is 3.16. The number of ether oxygens (including phenoxy) is 2. The molecule has 174 valence electrons. The zero-order valence-electron chi connectivity index (χ0n) is 19.9. The van der Waals surface area contributed by atoms with Crippen molar-refractivity contribution in [2.45, 2.75) is 53.1 Å². The number of amides is 1. The molecular weight excluding hydrogens is 404 g/mol. The second-order valence-electron chi connectivity index (χ2n) is 8.90. The van der Waals surface area contributed by atoms with Crippen molar-refractivity contribution in [3.8, 4) is 11.5 Å². The standard InChI is InChI=1S/C25H36N4O3/c1-17(2)16-32-24-14-20(6-8-23(24)31-5)15-29-12-10-21(11-13-29)28-22-7-9-25(26-18(22)3)27-19(4)30/h6-9,14,17,21,28H,10-13,15-16H2,1-5H3,(H,26,27,30). The summed E-state index contributed by atoms with van der Waals surface area (Å²) in [6, 6.07) is 10.5. The van der Waals surface area contributed by atoms with Gasteiger partial charge in [0, 0.05) is 32.6 Å². The molecule has 0 saturated carbocycles. The molecule has 1 aromatic heterocycles. The topological polar surface area (TPSA) is 75.7 Å². The summed E-state index contributed by atoms with van der Waals surface area (Å²) < 4.78 is 11.4. The first-order valence-electron chi connectivity index (χ1n) is 11.4. The number of hydrogen-bond donors (Lipinski definition) is 2. The summed E-state index contributed by atoms with van der Waals surface area (Å²) in [7, 11) is 1.68. The maximum Gasteiger partial charge on any atom is 0.222 e. The molecule has 2 N–H and O–H groups in total. The lowest BCUT2D eigenvalue weighted by Gasteiger charge is -2.33. The Morgan fingerprint density at radius 1 is 1.19 bits per heavy atom. The Labute approximate surface area is 191 Å². The molecule has 0 spiro atoms. The van der Waals surface area contributed by atoms with Gasteiger partial charge < -0.3 is 20.1 Å². The summed E-state index contributed by atoms with van der Waals surface area (Å²) in [4.78, 5) is 18.2. The highest BCUT2D eigenvalue weighted by Crippen LogP contribution is 2.29. The van der Waals surface area contributed by atoms with E-state index in [4.69, 9.17) is 9.47 Å². The van der Waals surface area contributed by atoms with Crippen LogP contribution in [0.15, 0.2) is 30.3 Å². The molecule has 1 aliphatic heterocycles. The number of aromatic nitrogens is 1. The van der Waals surface area contributed by atoms with Gasteiger partial charge in [-0.05, 0) is 55.5 Å². The number of aryl methyl sites for hydroxylation is 1. The lowest BCUT2D eigenvalue weighted by molar-refractivity contribution is -0.114. The average Bonchev–Trinajstić information content (AvgIpc) is 2.75. The van der Waals surface area contributed by atoms with Gasteiger partial charge in [-0.25, -0.2) is 4.98 Å². The Balaban J connectivity index is 1.53. The van der Waals surface area contributed by atoms with Gasteiger partial charge in [0.25, 0.3) is 0 Å².